The number of rotatable bonds is 5. The summed E-state index contributed by atoms with van der Waals surface area (Å²) in [7, 11) is 1.63. The summed E-state index contributed by atoms with van der Waals surface area (Å²) in [6, 6.07) is 14.1. The summed E-state index contributed by atoms with van der Waals surface area (Å²) in [5, 5.41) is 11.2. The van der Waals surface area contributed by atoms with Crippen LogP contribution in [-0.4, -0.2) is 18.3 Å². The van der Waals surface area contributed by atoms with Gasteiger partial charge in [-0.15, -0.1) is 0 Å². The van der Waals surface area contributed by atoms with Crippen molar-refractivity contribution in [1.82, 2.24) is 0 Å². The number of aliphatic hydroxyl groups is 1. The van der Waals surface area contributed by atoms with E-state index >= 15 is 0 Å². The summed E-state index contributed by atoms with van der Waals surface area (Å²) in [5.41, 5.74) is 1.00. The highest BCUT2D eigenvalue weighted by Gasteiger charge is 2.41. The molecule has 3 nitrogen and oxygen atoms in total. The molecular weight excluding hydrogens is 319 g/mol. The average molecular weight is 344 g/mol. The lowest BCUT2D eigenvalue weighted by atomic mass is 9.71. The second-order valence-corrected chi connectivity index (χ2v) is 6.89. The molecule has 0 heterocycles. The van der Waals surface area contributed by atoms with Crippen molar-refractivity contribution < 1.29 is 19.0 Å². The van der Waals surface area contributed by atoms with E-state index in [9.17, 15) is 9.50 Å². The Balaban J connectivity index is 1.62. The first-order valence-electron chi connectivity index (χ1n) is 8.74. The number of methoxy groups -OCH3 is 1. The quantitative estimate of drug-likeness (QED) is 0.872. The van der Waals surface area contributed by atoms with E-state index in [2.05, 4.69) is 6.92 Å². The lowest BCUT2D eigenvalue weighted by Crippen LogP contribution is -2.41. The highest BCUT2D eigenvalue weighted by atomic mass is 19.1. The van der Waals surface area contributed by atoms with Crippen LogP contribution in [0.1, 0.15) is 37.3 Å². The number of hydrogen-bond donors (Lipinski definition) is 1. The lowest BCUT2D eigenvalue weighted by molar-refractivity contribution is -0.0998. The molecule has 1 aliphatic carbocycles. The zero-order chi connectivity index (χ0) is 17.9. The summed E-state index contributed by atoms with van der Waals surface area (Å²) in [6.45, 7) is 2.53. The largest absolute Gasteiger partial charge is 0.497 e. The van der Waals surface area contributed by atoms with Gasteiger partial charge in [0, 0.05) is 0 Å². The predicted octanol–water partition coefficient (Wildman–Crippen LogP) is 4.43. The van der Waals surface area contributed by atoms with Gasteiger partial charge in [-0.2, -0.15) is 0 Å². The van der Waals surface area contributed by atoms with E-state index in [4.69, 9.17) is 9.47 Å². The molecule has 1 fully saturated rings. The van der Waals surface area contributed by atoms with E-state index in [1.165, 1.54) is 12.1 Å². The molecule has 1 aliphatic rings. The molecule has 134 valence electrons. The van der Waals surface area contributed by atoms with Crippen molar-refractivity contribution in [2.75, 3.05) is 7.11 Å². The van der Waals surface area contributed by atoms with Gasteiger partial charge >= 0.3 is 0 Å². The fraction of sp³-hybridized carbons (Fsp3) is 0.429. The van der Waals surface area contributed by atoms with Crippen molar-refractivity contribution in [3.63, 3.8) is 0 Å². The van der Waals surface area contributed by atoms with E-state index in [1.54, 1.807) is 19.2 Å². The van der Waals surface area contributed by atoms with E-state index in [0.29, 0.717) is 13.0 Å². The van der Waals surface area contributed by atoms with Gasteiger partial charge < -0.3 is 14.6 Å². The number of ether oxygens (including phenoxy) is 2. The van der Waals surface area contributed by atoms with E-state index in [1.807, 2.05) is 24.3 Å². The molecule has 2 aromatic carbocycles. The van der Waals surface area contributed by atoms with Gasteiger partial charge in [-0.25, -0.2) is 4.39 Å². The Kier molecular flexibility index (Phi) is 5.40. The lowest BCUT2D eigenvalue weighted by Gasteiger charge is -2.42. The molecule has 3 rings (SSSR count). The van der Waals surface area contributed by atoms with Crippen LogP contribution in [-0.2, 0) is 16.9 Å². The molecule has 0 radical (unpaired) electrons. The van der Waals surface area contributed by atoms with Crippen molar-refractivity contribution in [2.24, 2.45) is 5.92 Å². The fourth-order valence-corrected chi connectivity index (χ4v) is 3.60. The maximum atomic E-state index is 13.0. The Bertz CT molecular complexity index is 701. The van der Waals surface area contributed by atoms with E-state index < -0.39 is 5.60 Å². The third kappa shape index (κ3) is 4.02. The molecule has 1 saturated carbocycles. The van der Waals surface area contributed by atoms with Crippen LogP contribution in [0.25, 0.3) is 0 Å². The highest BCUT2D eigenvalue weighted by Crippen LogP contribution is 2.43. The van der Waals surface area contributed by atoms with Crippen LogP contribution in [0, 0.1) is 11.7 Å². The minimum absolute atomic E-state index is 0.0755. The van der Waals surface area contributed by atoms with Gasteiger partial charge in [0.05, 0.1) is 25.4 Å². The van der Waals surface area contributed by atoms with Gasteiger partial charge in [-0.05, 0) is 60.6 Å². The molecule has 25 heavy (non-hydrogen) atoms. The summed E-state index contributed by atoms with van der Waals surface area (Å²) in [4.78, 5) is 0. The standard InChI is InChI=1S/C21H25FO3/c1-15-12-20(25-14-16-6-8-18(22)9-7-16)10-11-21(15,23)17-4-3-5-19(13-17)24-2/h3-9,13,15,20,23H,10-12,14H2,1-2H3. The predicted molar refractivity (Wildman–Crippen MR) is 94.9 cm³/mol. The molecule has 0 aromatic heterocycles. The molecule has 0 spiro atoms. The molecule has 2 aromatic rings. The molecule has 3 unspecified atom stereocenters. The maximum absolute atomic E-state index is 13.0. The number of hydrogen-bond acceptors (Lipinski definition) is 3. The molecule has 0 amide bonds. The average Bonchev–Trinajstić information content (AvgIpc) is 2.64. The zero-order valence-electron chi connectivity index (χ0n) is 14.7. The van der Waals surface area contributed by atoms with Crippen LogP contribution in [0.4, 0.5) is 4.39 Å². The maximum Gasteiger partial charge on any atom is 0.123 e. The second kappa shape index (κ2) is 7.54. The van der Waals surface area contributed by atoms with Crippen molar-refractivity contribution in [2.45, 2.75) is 44.5 Å². The summed E-state index contributed by atoms with van der Waals surface area (Å²) < 4.78 is 24.2. The van der Waals surface area contributed by atoms with Gasteiger partial charge in [0.2, 0.25) is 0 Å². The Labute approximate surface area is 148 Å². The van der Waals surface area contributed by atoms with Crippen molar-refractivity contribution >= 4 is 0 Å². The second-order valence-electron chi connectivity index (χ2n) is 6.89. The van der Waals surface area contributed by atoms with Crippen LogP contribution in [0.15, 0.2) is 48.5 Å². The van der Waals surface area contributed by atoms with Crippen molar-refractivity contribution in [1.29, 1.82) is 0 Å². The SMILES string of the molecule is COc1cccc(C2(O)CCC(OCc3ccc(F)cc3)CC2C)c1. The minimum Gasteiger partial charge on any atom is -0.497 e. The number of halogens is 1. The summed E-state index contributed by atoms with van der Waals surface area (Å²) >= 11 is 0. The van der Waals surface area contributed by atoms with E-state index in [0.717, 1.165) is 29.7 Å². The van der Waals surface area contributed by atoms with Gasteiger partial charge in [0.1, 0.15) is 11.6 Å². The van der Waals surface area contributed by atoms with Crippen molar-refractivity contribution in [3.8, 4) is 5.75 Å². The Morgan fingerprint density at radius 2 is 1.96 bits per heavy atom. The molecular formula is C21H25FO3. The monoisotopic (exact) mass is 344 g/mol. The van der Waals surface area contributed by atoms with Crippen LogP contribution in [0.5, 0.6) is 5.75 Å². The Morgan fingerprint density at radius 3 is 2.64 bits per heavy atom. The van der Waals surface area contributed by atoms with Gasteiger partial charge in [0.25, 0.3) is 0 Å². The van der Waals surface area contributed by atoms with Crippen LogP contribution >= 0.6 is 0 Å². The van der Waals surface area contributed by atoms with Crippen LogP contribution in [0.2, 0.25) is 0 Å². The third-order valence-corrected chi connectivity index (χ3v) is 5.25. The van der Waals surface area contributed by atoms with Gasteiger partial charge in [0.15, 0.2) is 0 Å². The van der Waals surface area contributed by atoms with E-state index in [-0.39, 0.29) is 17.8 Å². The fourth-order valence-electron chi connectivity index (χ4n) is 3.60. The first kappa shape index (κ1) is 17.9. The minimum atomic E-state index is -0.857. The van der Waals surface area contributed by atoms with Gasteiger partial charge in [-0.1, -0.05) is 31.2 Å². The topological polar surface area (TPSA) is 38.7 Å². The number of benzene rings is 2. The normalized spacial score (nSPS) is 26.4. The first-order valence-corrected chi connectivity index (χ1v) is 8.74. The zero-order valence-corrected chi connectivity index (χ0v) is 14.7. The van der Waals surface area contributed by atoms with Crippen molar-refractivity contribution in [3.05, 3.63) is 65.5 Å². The molecule has 0 saturated heterocycles. The van der Waals surface area contributed by atoms with Crippen LogP contribution in [0.3, 0.4) is 0 Å². The molecule has 4 heteroatoms. The summed E-state index contributed by atoms with van der Waals surface area (Å²) in [6.07, 6.45) is 2.33. The summed E-state index contributed by atoms with van der Waals surface area (Å²) in [5.74, 6) is 0.595. The Hall–Kier alpha value is -1.91. The molecule has 3 atom stereocenters. The molecule has 1 N–H and O–H groups in total. The molecule has 0 aliphatic heterocycles. The smallest absolute Gasteiger partial charge is 0.123 e. The Morgan fingerprint density at radius 1 is 1.20 bits per heavy atom. The van der Waals surface area contributed by atoms with Gasteiger partial charge in [-0.3, -0.25) is 0 Å². The first-order chi connectivity index (χ1) is 12.0. The highest BCUT2D eigenvalue weighted by molar-refractivity contribution is 5.33. The molecule has 0 bridgehead atoms. The third-order valence-electron chi connectivity index (χ3n) is 5.25. The van der Waals surface area contributed by atoms with Crippen LogP contribution < -0.4 is 4.74 Å².